The van der Waals surface area contributed by atoms with E-state index in [1.807, 2.05) is 7.05 Å². The minimum Gasteiger partial charge on any atom is -0.490 e. The van der Waals surface area contributed by atoms with E-state index in [2.05, 4.69) is 30.4 Å². The van der Waals surface area contributed by atoms with Crippen LogP contribution in [0, 0.1) is 6.92 Å². The molecule has 3 nitrogen and oxygen atoms in total. The molecule has 0 saturated carbocycles. The normalized spacial score (nSPS) is 19.5. The number of ether oxygens (including phenoxy) is 2. The summed E-state index contributed by atoms with van der Waals surface area (Å²) in [5.74, 6) is 1.01. The molecular formula is C14H21NO2. The summed E-state index contributed by atoms with van der Waals surface area (Å²) in [6.45, 7) is 4.47. The van der Waals surface area contributed by atoms with Crippen molar-refractivity contribution in [3.05, 3.63) is 29.3 Å². The Bertz CT molecular complexity index is 359. The third-order valence-electron chi connectivity index (χ3n) is 3.10. The molecule has 1 heterocycles. The van der Waals surface area contributed by atoms with Gasteiger partial charge in [0.05, 0.1) is 6.10 Å². The highest BCUT2D eigenvalue weighted by Crippen LogP contribution is 2.24. The third kappa shape index (κ3) is 3.20. The van der Waals surface area contributed by atoms with E-state index in [-0.39, 0.29) is 6.10 Å². The lowest BCUT2D eigenvalue weighted by molar-refractivity contribution is 0.0673. The van der Waals surface area contributed by atoms with Crippen LogP contribution in [0.3, 0.4) is 0 Å². The molecule has 1 N–H and O–H groups in total. The van der Waals surface area contributed by atoms with Gasteiger partial charge in [-0.05, 0) is 32.4 Å². The maximum Gasteiger partial charge on any atom is 0.126 e. The molecule has 0 radical (unpaired) electrons. The van der Waals surface area contributed by atoms with E-state index in [9.17, 15) is 0 Å². The van der Waals surface area contributed by atoms with Gasteiger partial charge in [0.15, 0.2) is 0 Å². The fraction of sp³-hybridized carbons (Fsp3) is 0.571. The van der Waals surface area contributed by atoms with Crippen molar-refractivity contribution in [2.45, 2.75) is 32.4 Å². The van der Waals surface area contributed by atoms with Gasteiger partial charge in [0.1, 0.15) is 12.4 Å². The van der Waals surface area contributed by atoms with Crippen LogP contribution in [0.5, 0.6) is 5.75 Å². The summed E-state index contributed by atoms with van der Waals surface area (Å²) in [7, 11) is 1.95. The molecule has 3 heteroatoms. The second-order valence-electron chi connectivity index (χ2n) is 4.54. The molecule has 1 atom stereocenters. The van der Waals surface area contributed by atoms with Crippen LogP contribution in [0.4, 0.5) is 0 Å². The summed E-state index contributed by atoms with van der Waals surface area (Å²) in [4.78, 5) is 0. The predicted octanol–water partition coefficient (Wildman–Crippen LogP) is 2.27. The topological polar surface area (TPSA) is 30.5 Å². The number of benzene rings is 1. The smallest absolute Gasteiger partial charge is 0.126 e. The number of hydrogen-bond donors (Lipinski definition) is 1. The Hall–Kier alpha value is -1.06. The van der Waals surface area contributed by atoms with Crippen LogP contribution in [-0.4, -0.2) is 26.4 Å². The van der Waals surface area contributed by atoms with Gasteiger partial charge < -0.3 is 14.8 Å². The first-order chi connectivity index (χ1) is 8.31. The molecule has 17 heavy (non-hydrogen) atoms. The standard InChI is InChI=1S/C14H21NO2/c1-11-5-3-6-12(9-15-2)14(11)17-10-13-7-4-8-16-13/h3,5-6,13,15H,4,7-10H2,1-2H3. The molecule has 1 aliphatic rings. The molecule has 0 bridgehead atoms. The number of nitrogens with one attached hydrogen (secondary N) is 1. The van der Waals surface area contributed by atoms with Crippen molar-refractivity contribution < 1.29 is 9.47 Å². The fourth-order valence-electron chi connectivity index (χ4n) is 2.20. The minimum atomic E-state index is 0.275. The van der Waals surface area contributed by atoms with Crippen LogP contribution in [-0.2, 0) is 11.3 Å². The molecule has 1 aromatic carbocycles. The van der Waals surface area contributed by atoms with Gasteiger partial charge in [-0.2, -0.15) is 0 Å². The molecule has 1 saturated heterocycles. The first-order valence-electron chi connectivity index (χ1n) is 6.28. The van der Waals surface area contributed by atoms with E-state index in [1.165, 1.54) is 11.1 Å². The van der Waals surface area contributed by atoms with Gasteiger partial charge >= 0.3 is 0 Å². The Balaban J connectivity index is 2.02. The number of aryl methyl sites for hydroxylation is 1. The number of rotatable bonds is 5. The Morgan fingerprint density at radius 2 is 2.35 bits per heavy atom. The van der Waals surface area contributed by atoms with Crippen LogP contribution in [0.15, 0.2) is 18.2 Å². The summed E-state index contributed by atoms with van der Waals surface area (Å²) >= 11 is 0. The Morgan fingerprint density at radius 3 is 3.06 bits per heavy atom. The minimum absolute atomic E-state index is 0.275. The highest BCUT2D eigenvalue weighted by Gasteiger charge is 2.17. The van der Waals surface area contributed by atoms with Crippen LogP contribution in [0.1, 0.15) is 24.0 Å². The van der Waals surface area contributed by atoms with Crippen molar-refractivity contribution in [1.29, 1.82) is 0 Å². The number of hydrogen-bond acceptors (Lipinski definition) is 3. The lowest BCUT2D eigenvalue weighted by Crippen LogP contribution is -2.18. The van der Waals surface area contributed by atoms with Crippen LogP contribution in [0.25, 0.3) is 0 Å². The molecule has 1 fully saturated rings. The van der Waals surface area contributed by atoms with Gasteiger partial charge in [-0.3, -0.25) is 0 Å². The van der Waals surface area contributed by atoms with Gasteiger partial charge in [0.25, 0.3) is 0 Å². The maximum absolute atomic E-state index is 5.94. The van der Waals surface area contributed by atoms with E-state index in [4.69, 9.17) is 9.47 Å². The van der Waals surface area contributed by atoms with E-state index in [1.54, 1.807) is 0 Å². The zero-order chi connectivity index (χ0) is 12.1. The summed E-state index contributed by atoms with van der Waals surface area (Å²) in [5, 5.41) is 3.17. The highest BCUT2D eigenvalue weighted by atomic mass is 16.5. The average molecular weight is 235 g/mol. The largest absolute Gasteiger partial charge is 0.490 e. The zero-order valence-electron chi connectivity index (χ0n) is 10.7. The molecular weight excluding hydrogens is 214 g/mol. The van der Waals surface area contributed by atoms with Gasteiger partial charge in [0, 0.05) is 18.7 Å². The molecule has 0 spiro atoms. The van der Waals surface area contributed by atoms with Gasteiger partial charge in [0.2, 0.25) is 0 Å². The van der Waals surface area contributed by atoms with Crippen molar-refractivity contribution >= 4 is 0 Å². The zero-order valence-corrected chi connectivity index (χ0v) is 10.7. The van der Waals surface area contributed by atoms with Crippen LogP contribution < -0.4 is 10.1 Å². The van der Waals surface area contributed by atoms with Crippen molar-refractivity contribution in [2.24, 2.45) is 0 Å². The SMILES string of the molecule is CNCc1cccc(C)c1OCC1CCCO1. The van der Waals surface area contributed by atoms with Crippen LogP contribution in [0.2, 0.25) is 0 Å². The summed E-state index contributed by atoms with van der Waals surface area (Å²) < 4.78 is 11.5. The molecule has 1 aromatic rings. The lowest BCUT2D eigenvalue weighted by atomic mass is 10.1. The fourth-order valence-corrected chi connectivity index (χ4v) is 2.20. The maximum atomic E-state index is 5.94. The van der Waals surface area contributed by atoms with Crippen molar-refractivity contribution in [2.75, 3.05) is 20.3 Å². The Kier molecular flexibility index (Phi) is 4.40. The molecule has 1 unspecified atom stereocenters. The third-order valence-corrected chi connectivity index (χ3v) is 3.10. The predicted molar refractivity (Wildman–Crippen MR) is 68.4 cm³/mol. The van der Waals surface area contributed by atoms with Gasteiger partial charge in [-0.15, -0.1) is 0 Å². The second kappa shape index (κ2) is 6.03. The first-order valence-corrected chi connectivity index (χ1v) is 6.28. The Labute approximate surface area is 103 Å². The molecule has 0 aliphatic carbocycles. The average Bonchev–Trinajstić information content (AvgIpc) is 2.82. The van der Waals surface area contributed by atoms with Crippen molar-refractivity contribution in [3.8, 4) is 5.75 Å². The van der Waals surface area contributed by atoms with E-state index in [0.717, 1.165) is 31.7 Å². The Morgan fingerprint density at radius 1 is 1.47 bits per heavy atom. The molecule has 2 rings (SSSR count). The van der Waals surface area contributed by atoms with E-state index in [0.29, 0.717) is 6.61 Å². The monoisotopic (exact) mass is 235 g/mol. The lowest BCUT2D eigenvalue weighted by Gasteiger charge is -2.16. The first kappa shape index (κ1) is 12.4. The number of para-hydroxylation sites is 1. The van der Waals surface area contributed by atoms with Gasteiger partial charge in [-0.25, -0.2) is 0 Å². The molecule has 0 aromatic heterocycles. The summed E-state index contributed by atoms with van der Waals surface area (Å²) in [5.41, 5.74) is 2.40. The molecule has 1 aliphatic heterocycles. The summed E-state index contributed by atoms with van der Waals surface area (Å²) in [6, 6.07) is 6.26. The summed E-state index contributed by atoms with van der Waals surface area (Å²) in [6.07, 6.45) is 2.55. The van der Waals surface area contributed by atoms with Crippen molar-refractivity contribution in [1.82, 2.24) is 5.32 Å². The quantitative estimate of drug-likeness (QED) is 0.849. The second-order valence-corrected chi connectivity index (χ2v) is 4.54. The van der Waals surface area contributed by atoms with Crippen LogP contribution >= 0.6 is 0 Å². The van der Waals surface area contributed by atoms with Gasteiger partial charge in [-0.1, -0.05) is 18.2 Å². The molecule has 94 valence electrons. The van der Waals surface area contributed by atoms with E-state index < -0.39 is 0 Å². The highest BCUT2D eigenvalue weighted by molar-refractivity contribution is 5.40. The van der Waals surface area contributed by atoms with E-state index >= 15 is 0 Å². The molecule has 0 amide bonds. The van der Waals surface area contributed by atoms with Crippen molar-refractivity contribution in [3.63, 3.8) is 0 Å².